The second-order valence-electron chi connectivity index (χ2n) is 8.01. The minimum atomic E-state index is -0.243. The van der Waals surface area contributed by atoms with E-state index in [-0.39, 0.29) is 17.8 Å². The molecule has 0 aliphatic carbocycles. The Morgan fingerprint density at radius 1 is 1.06 bits per heavy atom. The van der Waals surface area contributed by atoms with Crippen molar-refractivity contribution in [2.45, 2.75) is 6.04 Å². The normalized spacial score (nSPS) is 12.5. The molecule has 3 N–H and O–H groups in total. The average molecular weight is 425 g/mol. The maximum Gasteiger partial charge on any atom is 0.287 e. The van der Waals surface area contributed by atoms with Gasteiger partial charge in [0.15, 0.2) is 5.82 Å². The van der Waals surface area contributed by atoms with Crippen LogP contribution >= 0.6 is 0 Å². The molecule has 8 heteroatoms. The van der Waals surface area contributed by atoms with Crippen LogP contribution in [0.1, 0.15) is 22.2 Å². The lowest BCUT2D eigenvalue weighted by Gasteiger charge is -2.22. The van der Waals surface area contributed by atoms with Gasteiger partial charge in [-0.05, 0) is 43.9 Å². The Morgan fingerprint density at radius 2 is 1.84 bits per heavy atom. The van der Waals surface area contributed by atoms with Crippen LogP contribution in [0.4, 0.5) is 0 Å². The number of carbonyl (C=O) groups excluding carboxylic acids is 1. The van der Waals surface area contributed by atoms with Crippen LogP contribution in [0.25, 0.3) is 33.2 Å². The van der Waals surface area contributed by atoms with E-state index in [1.165, 1.54) is 0 Å². The van der Waals surface area contributed by atoms with E-state index in [0.717, 1.165) is 33.2 Å². The molecule has 3 aromatic heterocycles. The van der Waals surface area contributed by atoms with Crippen molar-refractivity contribution >= 4 is 27.8 Å². The lowest BCUT2D eigenvalue weighted by Crippen LogP contribution is -2.35. The van der Waals surface area contributed by atoms with Crippen molar-refractivity contribution in [3.63, 3.8) is 0 Å². The standard InChI is InChI=1S/C24H23N7O/c1-31(2)14-21(15-6-4-3-5-7-15)28-24(32)23-26-19-12-17-18(13-20(19)27-23)29-30-22(17)16-8-10-25-11-9-16/h3-13,21H,14H2,1-2H3,(H,26,27)(H,28,32)(H,29,30). The zero-order valence-electron chi connectivity index (χ0n) is 17.8. The molecule has 0 aliphatic heterocycles. The van der Waals surface area contributed by atoms with Gasteiger partial charge in [0.2, 0.25) is 0 Å². The number of pyridine rings is 1. The monoisotopic (exact) mass is 425 g/mol. The molecule has 0 aliphatic rings. The zero-order chi connectivity index (χ0) is 22.1. The molecule has 1 amide bonds. The first kappa shape index (κ1) is 19.9. The quantitative estimate of drug-likeness (QED) is 0.386. The topological polar surface area (TPSA) is 103 Å². The Labute approximate surface area is 184 Å². The molecule has 0 fully saturated rings. The van der Waals surface area contributed by atoms with Crippen LogP contribution in [0.3, 0.4) is 0 Å². The van der Waals surface area contributed by atoms with E-state index < -0.39 is 0 Å². The number of amides is 1. The highest BCUT2D eigenvalue weighted by atomic mass is 16.2. The molecule has 160 valence electrons. The zero-order valence-corrected chi connectivity index (χ0v) is 17.8. The van der Waals surface area contributed by atoms with Gasteiger partial charge in [0, 0.05) is 29.9 Å². The molecule has 0 spiro atoms. The lowest BCUT2D eigenvalue weighted by molar-refractivity contribution is 0.0920. The smallest absolute Gasteiger partial charge is 0.287 e. The number of imidazole rings is 1. The van der Waals surface area contributed by atoms with Crippen molar-refractivity contribution in [1.29, 1.82) is 0 Å². The molecular formula is C24H23N7O. The minimum absolute atomic E-state index is 0.149. The van der Waals surface area contributed by atoms with Crippen LogP contribution in [-0.2, 0) is 0 Å². The van der Waals surface area contributed by atoms with Crippen LogP contribution < -0.4 is 5.32 Å². The third-order valence-electron chi connectivity index (χ3n) is 5.39. The Hall–Kier alpha value is -4.04. The van der Waals surface area contributed by atoms with Crippen molar-refractivity contribution in [3.8, 4) is 11.3 Å². The highest BCUT2D eigenvalue weighted by molar-refractivity contribution is 6.02. The predicted octanol–water partition coefficient (Wildman–Crippen LogP) is 3.53. The maximum absolute atomic E-state index is 13.0. The summed E-state index contributed by atoms with van der Waals surface area (Å²) in [6.07, 6.45) is 3.48. The van der Waals surface area contributed by atoms with Gasteiger partial charge in [0.25, 0.3) is 5.91 Å². The molecule has 5 rings (SSSR count). The molecule has 0 saturated heterocycles. The van der Waals surface area contributed by atoms with E-state index in [1.807, 2.05) is 73.6 Å². The molecule has 0 bridgehead atoms. The third-order valence-corrected chi connectivity index (χ3v) is 5.39. The van der Waals surface area contributed by atoms with Gasteiger partial charge in [0.05, 0.1) is 22.6 Å². The number of hydrogen-bond donors (Lipinski definition) is 3. The number of hydrogen-bond acceptors (Lipinski definition) is 5. The number of nitrogens with zero attached hydrogens (tertiary/aromatic N) is 4. The summed E-state index contributed by atoms with van der Waals surface area (Å²) in [6, 6.07) is 17.5. The Balaban J connectivity index is 1.47. The van der Waals surface area contributed by atoms with Gasteiger partial charge >= 0.3 is 0 Å². The number of H-pyrrole nitrogens is 2. The second-order valence-corrected chi connectivity index (χ2v) is 8.01. The van der Waals surface area contributed by atoms with Gasteiger partial charge in [-0.1, -0.05) is 30.3 Å². The van der Waals surface area contributed by atoms with E-state index in [9.17, 15) is 4.79 Å². The highest BCUT2D eigenvalue weighted by Gasteiger charge is 2.20. The molecule has 32 heavy (non-hydrogen) atoms. The first-order valence-electron chi connectivity index (χ1n) is 10.4. The predicted molar refractivity (Wildman–Crippen MR) is 124 cm³/mol. The number of aromatic amines is 2. The van der Waals surface area contributed by atoms with Gasteiger partial charge in [-0.15, -0.1) is 0 Å². The Bertz CT molecular complexity index is 1370. The van der Waals surface area contributed by atoms with Crippen molar-refractivity contribution < 1.29 is 4.79 Å². The molecule has 0 saturated carbocycles. The van der Waals surface area contributed by atoms with Crippen LogP contribution in [0.5, 0.6) is 0 Å². The van der Waals surface area contributed by atoms with Crippen molar-refractivity contribution in [2.75, 3.05) is 20.6 Å². The van der Waals surface area contributed by atoms with Crippen LogP contribution in [-0.4, -0.2) is 56.6 Å². The fourth-order valence-corrected chi connectivity index (χ4v) is 3.87. The van der Waals surface area contributed by atoms with E-state index >= 15 is 0 Å². The molecule has 5 aromatic rings. The summed E-state index contributed by atoms with van der Waals surface area (Å²) in [5.74, 6) is 0.0406. The molecule has 3 heterocycles. The summed E-state index contributed by atoms with van der Waals surface area (Å²) in [6.45, 7) is 0.681. The summed E-state index contributed by atoms with van der Waals surface area (Å²) in [4.78, 5) is 26.9. The van der Waals surface area contributed by atoms with Crippen molar-refractivity contribution in [1.82, 2.24) is 35.4 Å². The fraction of sp³-hybridized carbons (Fsp3) is 0.167. The van der Waals surface area contributed by atoms with E-state index in [2.05, 4.69) is 30.5 Å². The first-order valence-corrected chi connectivity index (χ1v) is 10.4. The van der Waals surface area contributed by atoms with E-state index in [4.69, 9.17) is 0 Å². The van der Waals surface area contributed by atoms with Crippen LogP contribution in [0.2, 0.25) is 0 Å². The fourth-order valence-electron chi connectivity index (χ4n) is 3.87. The summed E-state index contributed by atoms with van der Waals surface area (Å²) >= 11 is 0. The van der Waals surface area contributed by atoms with Crippen molar-refractivity contribution in [3.05, 3.63) is 78.4 Å². The number of fused-ring (bicyclic) bond motifs is 2. The van der Waals surface area contributed by atoms with E-state index in [0.29, 0.717) is 12.1 Å². The number of likely N-dealkylation sites (N-methyl/N-ethyl adjacent to an activating group) is 1. The van der Waals surface area contributed by atoms with Crippen LogP contribution in [0, 0.1) is 0 Å². The molecule has 2 aromatic carbocycles. The second kappa shape index (κ2) is 8.24. The van der Waals surface area contributed by atoms with Gasteiger partial charge in [-0.2, -0.15) is 5.10 Å². The molecule has 8 nitrogen and oxygen atoms in total. The summed E-state index contributed by atoms with van der Waals surface area (Å²) in [5, 5.41) is 11.6. The van der Waals surface area contributed by atoms with E-state index in [1.54, 1.807) is 12.4 Å². The summed E-state index contributed by atoms with van der Waals surface area (Å²) < 4.78 is 0. The van der Waals surface area contributed by atoms with Gasteiger partial charge in [-0.25, -0.2) is 4.98 Å². The van der Waals surface area contributed by atoms with Crippen LogP contribution in [0.15, 0.2) is 67.0 Å². The minimum Gasteiger partial charge on any atom is -0.341 e. The number of carbonyl (C=O) groups is 1. The molecule has 1 unspecified atom stereocenters. The Kier molecular flexibility index (Phi) is 5.12. The number of benzene rings is 2. The summed E-state index contributed by atoms with van der Waals surface area (Å²) in [7, 11) is 3.97. The summed E-state index contributed by atoms with van der Waals surface area (Å²) in [5.41, 5.74) is 5.20. The average Bonchev–Trinajstić information content (AvgIpc) is 3.41. The largest absolute Gasteiger partial charge is 0.341 e. The van der Waals surface area contributed by atoms with Crippen molar-refractivity contribution in [2.24, 2.45) is 0 Å². The molecular weight excluding hydrogens is 402 g/mol. The Morgan fingerprint density at radius 3 is 2.59 bits per heavy atom. The lowest BCUT2D eigenvalue weighted by atomic mass is 10.1. The number of rotatable bonds is 6. The molecule has 1 atom stereocenters. The molecule has 0 radical (unpaired) electrons. The van der Waals surface area contributed by atoms with Gasteiger partial charge in [0.1, 0.15) is 5.69 Å². The van der Waals surface area contributed by atoms with Gasteiger partial charge < -0.3 is 15.2 Å². The number of nitrogens with one attached hydrogen (secondary N) is 3. The number of aromatic nitrogens is 5. The first-order chi connectivity index (χ1) is 15.6. The highest BCUT2D eigenvalue weighted by Crippen LogP contribution is 2.29. The maximum atomic E-state index is 13.0. The SMILES string of the molecule is CN(C)CC(NC(=O)c1nc2cc3c(-c4ccncc4)n[nH]c3cc2[nH]1)c1ccccc1. The van der Waals surface area contributed by atoms with Gasteiger partial charge in [-0.3, -0.25) is 14.9 Å². The third kappa shape index (κ3) is 3.83.